The average molecular weight is 457 g/mol. The summed E-state index contributed by atoms with van der Waals surface area (Å²) in [5, 5.41) is 14.5. The van der Waals surface area contributed by atoms with E-state index in [9.17, 15) is 9.90 Å². The van der Waals surface area contributed by atoms with Crippen molar-refractivity contribution in [2.24, 2.45) is 0 Å². The lowest BCUT2D eigenvalue weighted by molar-refractivity contribution is 0.0684. The molecule has 0 unspecified atom stereocenters. The van der Waals surface area contributed by atoms with Crippen molar-refractivity contribution in [3.63, 3.8) is 0 Å². The normalized spacial score (nSPS) is 10.9. The van der Waals surface area contributed by atoms with Crippen LogP contribution in [-0.4, -0.2) is 29.9 Å². The summed E-state index contributed by atoms with van der Waals surface area (Å²) in [6.45, 7) is 5.15. The maximum Gasteiger partial charge on any atom is 0.352 e. The maximum atomic E-state index is 12.4. The highest BCUT2D eigenvalue weighted by molar-refractivity contribution is 5.98. The Morgan fingerprint density at radius 3 is 2.47 bits per heavy atom. The van der Waals surface area contributed by atoms with Crippen molar-refractivity contribution >= 4 is 22.9 Å². The number of hydrogen-bond donors (Lipinski definition) is 2. The lowest BCUT2D eigenvalue weighted by Crippen LogP contribution is -2.17. The number of nitrogens with one attached hydrogen (secondary N) is 1. The zero-order chi connectivity index (χ0) is 24.1. The van der Waals surface area contributed by atoms with E-state index in [2.05, 4.69) is 11.9 Å². The number of rotatable bonds is 10. The smallest absolute Gasteiger partial charge is 0.352 e. The van der Waals surface area contributed by atoms with E-state index in [0.717, 1.165) is 44.7 Å². The number of ether oxygens (including phenoxy) is 2. The van der Waals surface area contributed by atoms with E-state index >= 15 is 0 Å². The summed E-state index contributed by atoms with van der Waals surface area (Å²) in [5.41, 5.74) is 4.92. The Balaban J connectivity index is 1.67. The molecule has 4 aromatic rings. The van der Waals surface area contributed by atoms with Gasteiger partial charge in [-0.3, -0.25) is 0 Å². The van der Waals surface area contributed by atoms with Gasteiger partial charge in [0.05, 0.1) is 14.2 Å². The number of hydrogen-bond acceptors (Lipinski definition) is 4. The van der Waals surface area contributed by atoms with E-state index < -0.39 is 5.97 Å². The van der Waals surface area contributed by atoms with Crippen molar-refractivity contribution in [2.45, 2.75) is 19.6 Å². The van der Waals surface area contributed by atoms with Gasteiger partial charge in [-0.2, -0.15) is 0 Å². The average Bonchev–Trinajstić information content (AvgIpc) is 3.18. The van der Waals surface area contributed by atoms with Crippen LogP contribution in [0.4, 0.5) is 0 Å². The number of aromatic carboxylic acids is 1. The summed E-state index contributed by atoms with van der Waals surface area (Å²) in [6, 6.07) is 21.4. The van der Waals surface area contributed by atoms with E-state index in [0.29, 0.717) is 25.3 Å². The van der Waals surface area contributed by atoms with Gasteiger partial charge in [0.2, 0.25) is 0 Å². The number of carboxylic acid groups (broad SMARTS) is 1. The number of carbonyl (C=O) groups is 1. The van der Waals surface area contributed by atoms with Gasteiger partial charge in [0.15, 0.2) is 0 Å². The topological polar surface area (TPSA) is 72.7 Å². The van der Waals surface area contributed by atoms with Crippen LogP contribution >= 0.6 is 0 Å². The van der Waals surface area contributed by atoms with Crippen LogP contribution in [0.3, 0.4) is 0 Å². The molecule has 0 atom stereocenters. The molecule has 0 amide bonds. The fourth-order valence-corrected chi connectivity index (χ4v) is 4.25. The van der Waals surface area contributed by atoms with Crippen LogP contribution in [0.1, 0.15) is 32.7 Å². The van der Waals surface area contributed by atoms with Crippen molar-refractivity contribution in [2.75, 3.05) is 14.2 Å². The summed E-state index contributed by atoms with van der Waals surface area (Å²) in [4.78, 5) is 12.4. The molecule has 0 radical (unpaired) electrons. The summed E-state index contributed by atoms with van der Waals surface area (Å²) in [7, 11) is 3.25. The van der Waals surface area contributed by atoms with Crippen LogP contribution in [0, 0.1) is 0 Å². The number of carboxylic acids is 1. The zero-order valence-electron chi connectivity index (χ0n) is 19.4. The van der Waals surface area contributed by atoms with Crippen LogP contribution in [0.2, 0.25) is 0 Å². The highest BCUT2D eigenvalue weighted by Crippen LogP contribution is 2.29. The second kappa shape index (κ2) is 10.3. The molecule has 2 N–H and O–H groups in total. The monoisotopic (exact) mass is 456 g/mol. The summed E-state index contributed by atoms with van der Waals surface area (Å²) in [6.07, 6.45) is 1.79. The highest BCUT2D eigenvalue weighted by atomic mass is 16.5. The van der Waals surface area contributed by atoms with Gasteiger partial charge in [0.25, 0.3) is 0 Å². The second-order valence-corrected chi connectivity index (χ2v) is 7.96. The van der Waals surface area contributed by atoms with Crippen molar-refractivity contribution in [1.29, 1.82) is 0 Å². The molecule has 0 bridgehead atoms. The van der Waals surface area contributed by atoms with E-state index in [1.165, 1.54) is 0 Å². The molecule has 0 saturated heterocycles. The number of methoxy groups -OCH3 is 2. The largest absolute Gasteiger partial charge is 0.497 e. The standard InChI is InChI=1S/C28H28N2O4/c1-4-19-9-11-20(12-10-19)18-30-25-8-6-5-7-23(25)24(27(30)28(31)32)17-29-16-21-15-22(33-2)13-14-26(21)34-3/h4-15,29H,1,16-18H2,2-3H3,(H,31,32). The van der Waals surface area contributed by atoms with Gasteiger partial charge < -0.3 is 24.5 Å². The van der Waals surface area contributed by atoms with E-state index in [-0.39, 0.29) is 0 Å². The number of aromatic nitrogens is 1. The van der Waals surface area contributed by atoms with Gasteiger partial charge in [0.1, 0.15) is 17.2 Å². The number of nitrogens with zero attached hydrogens (tertiary/aromatic N) is 1. The van der Waals surface area contributed by atoms with Crippen molar-refractivity contribution in [1.82, 2.24) is 9.88 Å². The van der Waals surface area contributed by atoms with Gasteiger partial charge in [0, 0.05) is 41.7 Å². The minimum atomic E-state index is -0.949. The van der Waals surface area contributed by atoms with Gasteiger partial charge in [-0.05, 0) is 35.4 Å². The molecule has 174 valence electrons. The van der Waals surface area contributed by atoms with Crippen LogP contribution in [0.25, 0.3) is 17.0 Å². The highest BCUT2D eigenvalue weighted by Gasteiger charge is 2.22. The first-order chi connectivity index (χ1) is 16.5. The third-order valence-electron chi connectivity index (χ3n) is 5.94. The first-order valence-electron chi connectivity index (χ1n) is 11.0. The fraction of sp³-hybridized carbons (Fsp3) is 0.179. The zero-order valence-corrected chi connectivity index (χ0v) is 19.4. The minimum absolute atomic E-state index is 0.291. The lowest BCUT2D eigenvalue weighted by atomic mass is 10.1. The summed E-state index contributed by atoms with van der Waals surface area (Å²) >= 11 is 0. The molecule has 0 aliphatic carbocycles. The quantitative estimate of drug-likeness (QED) is 0.337. The van der Waals surface area contributed by atoms with Crippen LogP contribution in [0.15, 0.2) is 73.3 Å². The fourth-order valence-electron chi connectivity index (χ4n) is 4.25. The lowest BCUT2D eigenvalue weighted by Gasteiger charge is -2.12. The summed E-state index contributed by atoms with van der Waals surface area (Å²) in [5.74, 6) is 0.537. The first-order valence-corrected chi connectivity index (χ1v) is 11.0. The van der Waals surface area contributed by atoms with Gasteiger partial charge in [-0.15, -0.1) is 0 Å². The molecular weight excluding hydrogens is 428 g/mol. The molecule has 1 heterocycles. The number of para-hydroxylation sites is 1. The molecular formula is C28H28N2O4. The minimum Gasteiger partial charge on any atom is -0.497 e. The Labute approximate surface area is 199 Å². The second-order valence-electron chi connectivity index (χ2n) is 7.96. The molecule has 0 aliphatic rings. The van der Waals surface area contributed by atoms with E-state index in [1.807, 2.05) is 71.3 Å². The summed E-state index contributed by atoms with van der Waals surface area (Å²) < 4.78 is 12.7. The molecule has 3 aromatic carbocycles. The molecule has 0 fully saturated rings. The van der Waals surface area contributed by atoms with E-state index in [1.54, 1.807) is 20.3 Å². The molecule has 1 aromatic heterocycles. The SMILES string of the molecule is C=Cc1ccc(Cn2c(C(=O)O)c(CNCc3cc(OC)ccc3OC)c3ccccc32)cc1. The van der Waals surface area contributed by atoms with Gasteiger partial charge >= 0.3 is 5.97 Å². The predicted molar refractivity (Wildman–Crippen MR) is 135 cm³/mol. The maximum absolute atomic E-state index is 12.4. The van der Waals surface area contributed by atoms with Crippen LogP contribution in [-0.2, 0) is 19.6 Å². The predicted octanol–water partition coefficient (Wildman–Crippen LogP) is 5.34. The van der Waals surface area contributed by atoms with Crippen molar-refractivity contribution < 1.29 is 19.4 Å². The van der Waals surface area contributed by atoms with Gasteiger partial charge in [-0.1, -0.05) is 55.1 Å². The number of benzene rings is 3. The Hall–Kier alpha value is -4.03. The third kappa shape index (κ3) is 4.67. The molecule has 6 nitrogen and oxygen atoms in total. The Kier molecular flexibility index (Phi) is 6.99. The Bertz CT molecular complexity index is 1320. The molecule has 6 heteroatoms. The molecule has 0 saturated carbocycles. The van der Waals surface area contributed by atoms with Crippen LogP contribution in [0.5, 0.6) is 11.5 Å². The molecule has 34 heavy (non-hydrogen) atoms. The van der Waals surface area contributed by atoms with Crippen LogP contribution < -0.4 is 14.8 Å². The Morgan fingerprint density at radius 1 is 1.03 bits per heavy atom. The molecule has 0 aliphatic heterocycles. The van der Waals surface area contributed by atoms with Gasteiger partial charge in [-0.25, -0.2) is 4.79 Å². The van der Waals surface area contributed by atoms with E-state index in [4.69, 9.17) is 9.47 Å². The first kappa shape index (κ1) is 23.1. The molecule has 0 spiro atoms. The molecule has 4 rings (SSSR count). The van der Waals surface area contributed by atoms with Crippen molar-refractivity contribution in [3.05, 3.63) is 101 Å². The van der Waals surface area contributed by atoms with Crippen molar-refractivity contribution in [3.8, 4) is 11.5 Å². The Morgan fingerprint density at radius 2 is 1.79 bits per heavy atom. The number of fused-ring (bicyclic) bond motifs is 1. The third-order valence-corrected chi connectivity index (χ3v) is 5.94.